The number of sulfonamides is 1. The number of piperazine rings is 1. The lowest BCUT2D eigenvalue weighted by Gasteiger charge is -2.35. The largest absolute Gasteiger partial charge is 0.377 e. The summed E-state index contributed by atoms with van der Waals surface area (Å²) in [5, 5.41) is 4.22. The molecule has 16 heteroatoms. The zero-order valence-corrected chi connectivity index (χ0v) is 26.6. The molecule has 0 radical (unpaired) electrons. The molecule has 0 saturated carbocycles. The molecule has 3 aromatic heterocycles. The molecule has 4 aromatic rings. The third-order valence-electron chi connectivity index (χ3n) is 7.88. The molecule has 6 rings (SSSR count). The van der Waals surface area contributed by atoms with E-state index in [0.29, 0.717) is 40.9 Å². The van der Waals surface area contributed by atoms with Crippen LogP contribution in [0.5, 0.6) is 0 Å². The fourth-order valence-corrected chi connectivity index (χ4v) is 6.67. The summed E-state index contributed by atoms with van der Waals surface area (Å²) in [6, 6.07) is 6.59. The van der Waals surface area contributed by atoms with E-state index in [1.165, 1.54) is 6.07 Å². The smallest absolute Gasteiger partial charge is 0.285 e. The van der Waals surface area contributed by atoms with Gasteiger partial charge in [0.2, 0.25) is 21.9 Å². The number of aromatic nitrogens is 5. The van der Waals surface area contributed by atoms with Crippen LogP contribution in [0.3, 0.4) is 0 Å². The van der Waals surface area contributed by atoms with Gasteiger partial charge in [0, 0.05) is 25.7 Å². The van der Waals surface area contributed by atoms with Crippen LogP contribution in [-0.4, -0.2) is 70.3 Å². The van der Waals surface area contributed by atoms with Gasteiger partial charge in [-0.15, -0.1) is 0 Å². The predicted molar refractivity (Wildman–Crippen MR) is 169 cm³/mol. The van der Waals surface area contributed by atoms with Crippen LogP contribution in [0.1, 0.15) is 41.0 Å². The topological polar surface area (TPSA) is 155 Å². The Kier molecular flexibility index (Phi) is 7.62. The number of fused-ring (bicyclic) bond motifs is 3. The van der Waals surface area contributed by atoms with Gasteiger partial charge >= 0.3 is 0 Å². The number of nitrogens with zero attached hydrogens (tertiary/aromatic N) is 7. The molecule has 1 aromatic carbocycles. The van der Waals surface area contributed by atoms with Gasteiger partial charge in [0.25, 0.3) is 11.5 Å². The lowest BCUT2D eigenvalue weighted by atomic mass is 10.0. The van der Waals surface area contributed by atoms with Crippen molar-refractivity contribution in [3.8, 4) is 0 Å². The molecule has 2 bridgehead atoms. The minimum atomic E-state index is -3.84. The predicted octanol–water partition coefficient (Wildman–Crippen LogP) is 3.06. The van der Waals surface area contributed by atoms with E-state index in [2.05, 4.69) is 30.1 Å². The first-order chi connectivity index (χ1) is 20.8. The lowest BCUT2D eigenvalue weighted by Crippen LogP contribution is -2.48. The number of amides is 1. The quantitative estimate of drug-likeness (QED) is 0.282. The molecule has 2 N–H and O–H groups in total. The molecule has 230 valence electrons. The van der Waals surface area contributed by atoms with Crippen molar-refractivity contribution in [2.45, 2.75) is 38.4 Å². The number of hydrogen-bond donors (Lipinski definition) is 2. The number of anilines is 3. The minimum absolute atomic E-state index is 0.0266. The molecular weight excluding hydrogens is 629 g/mol. The Hall–Kier alpha value is -4.01. The van der Waals surface area contributed by atoms with Crippen molar-refractivity contribution in [2.24, 2.45) is 7.05 Å². The van der Waals surface area contributed by atoms with Gasteiger partial charge in [-0.05, 0) is 44.0 Å². The molecule has 2 aliphatic heterocycles. The number of nitrogens with one attached hydrogen (secondary N) is 2. The Morgan fingerprint density at radius 2 is 1.75 bits per heavy atom. The van der Waals surface area contributed by atoms with Crippen molar-refractivity contribution in [1.29, 1.82) is 0 Å². The number of hydrogen-bond acceptors (Lipinski definition) is 11. The maximum atomic E-state index is 13.7. The third kappa shape index (κ3) is 5.64. The molecule has 44 heavy (non-hydrogen) atoms. The van der Waals surface area contributed by atoms with Crippen LogP contribution in [0, 0.1) is 6.92 Å². The fourth-order valence-electron chi connectivity index (χ4n) is 5.99. The van der Waals surface area contributed by atoms with Crippen LogP contribution in [0.2, 0.25) is 10.2 Å². The van der Waals surface area contributed by atoms with Crippen molar-refractivity contribution in [3.05, 3.63) is 74.0 Å². The van der Waals surface area contributed by atoms with Crippen LogP contribution in [0.25, 0.3) is 10.9 Å². The summed E-state index contributed by atoms with van der Waals surface area (Å²) in [7, 11) is -2.11. The van der Waals surface area contributed by atoms with E-state index in [4.69, 9.17) is 28.2 Å². The molecule has 13 nitrogen and oxygen atoms in total. The number of aryl methyl sites for hydroxylation is 1. The molecular formula is C28H29Cl2N9O4S. The van der Waals surface area contributed by atoms with Crippen LogP contribution >= 0.6 is 23.2 Å². The first-order valence-electron chi connectivity index (χ1n) is 13.8. The summed E-state index contributed by atoms with van der Waals surface area (Å²) in [6.45, 7) is 5.08. The second kappa shape index (κ2) is 11.2. The summed E-state index contributed by atoms with van der Waals surface area (Å²) < 4.78 is 27.0. The number of carbonyl (C=O) groups excluding carboxylic acids is 1. The zero-order chi connectivity index (χ0) is 31.5. The van der Waals surface area contributed by atoms with Gasteiger partial charge in [-0.25, -0.2) is 33.1 Å². The van der Waals surface area contributed by atoms with Gasteiger partial charge in [-0.2, -0.15) is 0 Å². The SMILES string of the molecule is Cc1cc([C@@H](C)Nc2ccc(Cl)nc2C(=O)NS(C)(=O)=O)c2nc(N3C[C@H]4C[C@@H]3CN4c3ncc(Cl)cn3)n(C)c(=O)c2c1. The molecule has 0 aliphatic carbocycles. The normalized spacial score (nSPS) is 18.6. The van der Waals surface area contributed by atoms with Crippen LogP contribution in [0.4, 0.5) is 17.6 Å². The van der Waals surface area contributed by atoms with Crippen molar-refractivity contribution in [1.82, 2.24) is 29.2 Å². The van der Waals surface area contributed by atoms with Crippen LogP contribution < -0.4 is 25.4 Å². The molecule has 2 saturated heterocycles. The van der Waals surface area contributed by atoms with Crippen LogP contribution in [-0.2, 0) is 17.1 Å². The molecule has 5 heterocycles. The van der Waals surface area contributed by atoms with Gasteiger partial charge < -0.3 is 15.1 Å². The molecule has 2 fully saturated rings. The van der Waals surface area contributed by atoms with E-state index < -0.39 is 22.0 Å². The summed E-state index contributed by atoms with van der Waals surface area (Å²) >= 11 is 12.0. The third-order valence-corrected chi connectivity index (χ3v) is 8.85. The summed E-state index contributed by atoms with van der Waals surface area (Å²) in [5.74, 6) is 0.265. The average molecular weight is 659 g/mol. The van der Waals surface area contributed by atoms with Gasteiger partial charge in [-0.1, -0.05) is 29.3 Å². The second-order valence-electron chi connectivity index (χ2n) is 11.2. The highest BCUT2D eigenvalue weighted by Crippen LogP contribution is 2.36. The monoisotopic (exact) mass is 657 g/mol. The standard InChI is InChI=1S/C28H29Cl2N9O4S/c1-14-7-19(15(2)33-21-5-6-22(30)34-24(21)25(40)36-44(4,42)43)23-20(8-14)26(41)37(3)28(35-23)39-13-17-9-18(39)12-38(17)27-31-10-16(29)11-32-27/h5-8,10-11,15,17-18,33H,9,12-13H2,1-4H3,(H,36,40)/t15-,17-,18-/m1/s1. The van der Waals surface area contributed by atoms with E-state index in [1.54, 1.807) is 30.1 Å². The maximum Gasteiger partial charge on any atom is 0.285 e. The first kappa shape index (κ1) is 30.0. The Morgan fingerprint density at radius 3 is 2.41 bits per heavy atom. The summed E-state index contributed by atoms with van der Waals surface area (Å²) in [6.07, 6.45) is 4.92. The molecule has 0 unspecified atom stereocenters. The summed E-state index contributed by atoms with van der Waals surface area (Å²) in [5.41, 5.74) is 2.02. The number of halogens is 2. The second-order valence-corrected chi connectivity index (χ2v) is 13.7. The van der Waals surface area contributed by atoms with Crippen molar-refractivity contribution in [3.63, 3.8) is 0 Å². The van der Waals surface area contributed by atoms with Gasteiger partial charge in [0.05, 0.1) is 58.4 Å². The number of rotatable bonds is 7. The Labute approximate surface area is 263 Å². The van der Waals surface area contributed by atoms with E-state index >= 15 is 0 Å². The fraction of sp³-hybridized carbons (Fsp3) is 0.357. The first-order valence-corrected chi connectivity index (χ1v) is 16.4. The Bertz CT molecular complexity index is 1970. The van der Waals surface area contributed by atoms with Gasteiger partial charge in [-0.3, -0.25) is 14.2 Å². The minimum Gasteiger partial charge on any atom is -0.377 e. The van der Waals surface area contributed by atoms with E-state index in [-0.39, 0.29) is 34.2 Å². The summed E-state index contributed by atoms with van der Waals surface area (Å²) in [4.78, 5) is 48.7. The molecule has 3 atom stereocenters. The highest BCUT2D eigenvalue weighted by Gasteiger charge is 2.45. The Morgan fingerprint density at radius 1 is 1.07 bits per heavy atom. The lowest BCUT2D eigenvalue weighted by molar-refractivity contribution is 0.0977. The van der Waals surface area contributed by atoms with Crippen LogP contribution in [0.15, 0.2) is 41.5 Å². The highest BCUT2D eigenvalue weighted by atomic mass is 35.5. The number of pyridine rings is 1. The van der Waals surface area contributed by atoms with Crippen molar-refractivity contribution < 1.29 is 13.2 Å². The number of benzene rings is 1. The maximum absolute atomic E-state index is 13.7. The van der Waals surface area contributed by atoms with Crippen molar-refractivity contribution >= 4 is 67.6 Å². The van der Waals surface area contributed by atoms with E-state index in [0.717, 1.165) is 23.8 Å². The molecule has 1 amide bonds. The Balaban J connectivity index is 1.35. The average Bonchev–Trinajstić information content (AvgIpc) is 3.56. The molecule has 2 aliphatic rings. The van der Waals surface area contributed by atoms with E-state index in [9.17, 15) is 18.0 Å². The number of carbonyl (C=O) groups is 1. The zero-order valence-electron chi connectivity index (χ0n) is 24.2. The van der Waals surface area contributed by atoms with Gasteiger partial charge in [0.15, 0.2) is 5.69 Å². The van der Waals surface area contributed by atoms with E-state index in [1.807, 2.05) is 30.7 Å². The van der Waals surface area contributed by atoms with Gasteiger partial charge in [0.1, 0.15) is 5.15 Å². The van der Waals surface area contributed by atoms with Crippen molar-refractivity contribution in [2.75, 3.05) is 34.5 Å². The highest BCUT2D eigenvalue weighted by molar-refractivity contribution is 7.89. The molecule has 0 spiro atoms.